The monoisotopic (exact) mass is 522 g/mol. The number of nitrogens with one attached hydrogen (secondary N) is 1. The van der Waals surface area contributed by atoms with E-state index in [-0.39, 0.29) is 22.8 Å². The second-order valence-corrected chi connectivity index (χ2v) is 9.37. The Morgan fingerprint density at radius 1 is 1.00 bits per heavy atom. The molecule has 0 atom stereocenters. The molecule has 7 nitrogen and oxygen atoms in total. The number of nitro benzene ring substituents is 1. The molecule has 1 aliphatic rings. The molecule has 1 aromatic heterocycles. The van der Waals surface area contributed by atoms with Gasteiger partial charge in [-0.25, -0.2) is 4.99 Å². The second kappa shape index (κ2) is 10.3. The first kappa shape index (κ1) is 25.5. The SMILES string of the molecule is O=[N+]([O-])c1ccc2[nH]c(O)c(C(=Nc3ccc(CN4CCCCC4)cc3)c3ccc(C(F)(F)F)cc3)c2c1. The molecule has 3 aromatic carbocycles. The molecule has 0 spiro atoms. The molecule has 0 amide bonds. The number of nitro groups is 1. The summed E-state index contributed by atoms with van der Waals surface area (Å²) in [5, 5.41) is 22.5. The zero-order valence-corrected chi connectivity index (χ0v) is 20.3. The Morgan fingerprint density at radius 3 is 2.32 bits per heavy atom. The molecule has 1 fully saturated rings. The fraction of sp³-hybridized carbons (Fsp3) is 0.250. The first-order chi connectivity index (χ1) is 18.2. The van der Waals surface area contributed by atoms with E-state index in [1.54, 1.807) is 0 Å². The van der Waals surface area contributed by atoms with E-state index < -0.39 is 16.7 Å². The molecule has 2 heterocycles. The summed E-state index contributed by atoms with van der Waals surface area (Å²) in [7, 11) is 0. The van der Waals surface area contributed by atoms with Crippen LogP contribution in [-0.2, 0) is 12.7 Å². The number of benzene rings is 3. The molecular weight excluding hydrogens is 497 g/mol. The molecule has 1 saturated heterocycles. The Hall–Kier alpha value is -4.18. The van der Waals surface area contributed by atoms with Crippen molar-refractivity contribution in [1.82, 2.24) is 9.88 Å². The number of rotatable bonds is 6. The number of nitrogens with zero attached hydrogens (tertiary/aromatic N) is 3. The number of aromatic amines is 1. The molecule has 4 aromatic rings. The number of aliphatic imine (C=N–C) groups is 1. The number of alkyl halides is 3. The Kier molecular flexibility index (Phi) is 6.90. The van der Waals surface area contributed by atoms with Gasteiger partial charge in [-0.05, 0) is 61.8 Å². The summed E-state index contributed by atoms with van der Waals surface area (Å²) in [4.78, 5) is 20.7. The molecule has 1 aliphatic heterocycles. The van der Waals surface area contributed by atoms with Crippen LogP contribution in [0.3, 0.4) is 0 Å². The number of likely N-dealkylation sites (tertiary alicyclic amines) is 1. The van der Waals surface area contributed by atoms with Crippen molar-refractivity contribution in [2.24, 2.45) is 4.99 Å². The van der Waals surface area contributed by atoms with Gasteiger partial charge in [0.2, 0.25) is 0 Å². The van der Waals surface area contributed by atoms with Crippen molar-refractivity contribution in [3.05, 3.63) is 99.1 Å². The van der Waals surface area contributed by atoms with Crippen LogP contribution in [-0.4, -0.2) is 38.7 Å². The van der Waals surface area contributed by atoms with E-state index in [1.807, 2.05) is 24.3 Å². The number of hydrogen-bond donors (Lipinski definition) is 2. The number of fused-ring (bicyclic) bond motifs is 1. The molecule has 196 valence electrons. The number of aromatic nitrogens is 1. The highest BCUT2D eigenvalue weighted by molar-refractivity contribution is 6.22. The maximum Gasteiger partial charge on any atom is 0.416 e. The summed E-state index contributed by atoms with van der Waals surface area (Å²) in [6.07, 6.45) is -0.888. The molecule has 38 heavy (non-hydrogen) atoms. The maximum absolute atomic E-state index is 13.2. The molecule has 0 bridgehead atoms. The Morgan fingerprint density at radius 2 is 1.68 bits per heavy atom. The molecule has 0 aliphatic carbocycles. The van der Waals surface area contributed by atoms with E-state index in [0.717, 1.165) is 37.3 Å². The van der Waals surface area contributed by atoms with Crippen LogP contribution >= 0.6 is 0 Å². The minimum atomic E-state index is -4.51. The van der Waals surface area contributed by atoms with Crippen molar-refractivity contribution < 1.29 is 23.2 Å². The number of piperidine rings is 1. The van der Waals surface area contributed by atoms with Crippen LogP contribution in [0.1, 0.15) is 41.5 Å². The van der Waals surface area contributed by atoms with Crippen LogP contribution in [0.4, 0.5) is 24.5 Å². The zero-order valence-electron chi connectivity index (χ0n) is 20.3. The van der Waals surface area contributed by atoms with Crippen molar-refractivity contribution >= 4 is 28.0 Å². The molecule has 2 N–H and O–H groups in total. The van der Waals surface area contributed by atoms with Crippen LogP contribution in [0.5, 0.6) is 5.88 Å². The van der Waals surface area contributed by atoms with Gasteiger partial charge in [0.1, 0.15) is 0 Å². The lowest BCUT2D eigenvalue weighted by molar-refractivity contribution is -0.384. The fourth-order valence-corrected chi connectivity index (χ4v) is 4.78. The standard InChI is InChI=1S/C28H25F3N4O3/c29-28(30,31)20-8-6-19(7-9-20)26(25-23-16-22(35(37)38)12-13-24(23)33-27(25)36)32-21-10-4-18(5-11-21)17-34-14-2-1-3-15-34/h4-13,16,33,36H,1-3,14-15,17H2. The van der Waals surface area contributed by atoms with Gasteiger partial charge in [-0.1, -0.05) is 30.7 Å². The number of aromatic hydroxyl groups is 1. The molecule has 0 unspecified atom stereocenters. The molecular formula is C28H25F3N4O3. The maximum atomic E-state index is 13.2. The van der Waals surface area contributed by atoms with Crippen molar-refractivity contribution in [2.75, 3.05) is 13.1 Å². The van der Waals surface area contributed by atoms with Crippen molar-refractivity contribution in [3.8, 4) is 5.88 Å². The molecule has 0 saturated carbocycles. The van der Waals surface area contributed by atoms with Gasteiger partial charge in [0, 0.05) is 35.1 Å². The minimum absolute atomic E-state index is 0.167. The van der Waals surface area contributed by atoms with Gasteiger partial charge in [0.25, 0.3) is 5.69 Å². The van der Waals surface area contributed by atoms with Gasteiger partial charge in [-0.2, -0.15) is 13.2 Å². The lowest BCUT2D eigenvalue weighted by Gasteiger charge is -2.26. The smallest absolute Gasteiger partial charge is 0.416 e. The van der Waals surface area contributed by atoms with Gasteiger partial charge in [-0.15, -0.1) is 0 Å². The van der Waals surface area contributed by atoms with Gasteiger partial charge < -0.3 is 10.1 Å². The van der Waals surface area contributed by atoms with E-state index in [4.69, 9.17) is 4.99 Å². The normalized spacial score (nSPS) is 15.2. The topological polar surface area (TPSA) is 94.8 Å². The third kappa shape index (κ3) is 5.40. The van der Waals surface area contributed by atoms with E-state index in [9.17, 15) is 28.4 Å². The van der Waals surface area contributed by atoms with Crippen LogP contribution in [0.2, 0.25) is 0 Å². The zero-order chi connectivity index (χ0) is 26.9. The van der Waals surface area contributed by atoms with Gasteiger partial charge >= 0.3 is 6.18 Å². The lowest BCUT2D eigenvalue weighted by Crippen LogP contribution is -2.28. The molecule has 0 radical (unpaired) electrons. The quantitative estimate of drug-likeness (QED) is 0.163. The third-order valence-electron chi connectivity index (χ3n) is 6.73. The van der Waals surface area contributed by atoms with Crippen LogP contribution < -0.4 is 0 Å². The number of non-ortho nitro benzene ring substituents is 1. The Balaban J connectivity index is 1.58. The highest BCUT2D eigenvalue weighted by Crippen LogP contribution is 2.35. The van der Waals surface area contributed by atoms with Gasteiger partial charge in [0.05, 0.1) is 27.4 Å². The van der Waals surface area contributed by atoms with E-state index >= 15 is 0 Å². The number of halogens is 3. The van der Waals surface area contributed by atoms with E-state index in [2.05, 4.69) is 9.88 Å². The predicted octanol–water partition coefficient (Wildman–Crippen LogP) is 6.96. The molecule has 5 rings (SSSR count). The van der Waals surface area contributed by atoms with Crippen molar-refractivity contribution in [1.29, 1.82) is 0 Å². The highest BCUT2D eigenvalue weighted by atomic mass is 19.4. The summed E-state index contributed by atoms with van der Waals surface area (Å²) >= 11 is 0. The van der Waals surface area contributed by atoms with Gasteiger partial charge in [0.15, 0.2) is 5.88 Å². The van der Waals surface area contributed by atoms with Gasteiger partial charge in [-0.3, -0.25) is 15.0 Å². The minimum Gasteiger partial charge on any atom is -0.494 e. The Bertz CT molecular complexity index is 1490. The van der Waals surface area contributed by atoms with E-state index in [0.29, 0.717) is 22.2 Å². The third-order valence-corrected chi connectivity index (χ3v) is 6.73. The predicted molar refractivity (Wildman–Crippen MR) is 139 cm³/mol. The summed E-state index contributed by atoms with van der Waals surface area (Å²) in [6, 6.07) is 16.1. The average molecular weight is 523 g/mol. The summed E-state index contributed by atoms with van der Waals surface area (Å²) in [5.74, 6) is -0.291. The summed E-state index contributed by atoms with van der Waals surface area (Å²) in [6.45, 7) is 2.94. The van der Waals surface area contributed by atoms with Crippen LogP contribution in [0.25, 0.3) is 10.9 Å². The largest absolute Gasteiger partial charge is 0.494 e. The van der Waals surface area contributed by atoms with Crippen molar-refractivity contribution in [3.63, 3.8) is 0 Å². The highest BCUT2D eigenvalue weighted by Gasteiger charge is 2.30. The number of hydrogen-bond acceptors (Lipinski definition) is 5. The Labute approximate surface area is 216 Å². The van der Waals surface area contributed by atoms with Crippen LogP contribution in [0.15, 0.2) is 71.7 Å². The number of H-pyrrole nitrogens is 1. The van der Waals surface area contributed by atoms with Crippen molar-refractivity contribution in [2.45, 2.75) is 32.0 Å². The fourth-order valence-electron chi connectivity index (χ4n) is 4.78. The summed E-state index contributed by atoms with van der Waals surface area (Å²) < 4.78 is 39.6. The summed E-state index contributed by atoms with van der Waals surface area (Å²) in [5.41, 5.74) is 1.74. The first-order valence-corrected chi connectivity index (χ1v) is 12.3. The first-order valence-electron chi connectivity index (χ1n) is 12.3. The van der Waals surface area contributed by atoms with E-state index in [1.165, 1.54) is 49.6 Å². The second-order valence-electron chi connectivity index (χ2n) is 9.37. The van der Waals surface area contributed by atoms with Crippen LogP contribution in [0, 0.1) is 10.1 Å². The lowest BCUT2D eigenvalue weighted by atomic mass is 9.99. The average Bonchev–Trinajstić information content (AvgIpc) is 3.23. The molecule has 10 heteroatoms.